The van der Waals surface area contributed by atoms with Crippen molar-refractivity contribution in [3.8, 4) is 0 Å². The molecular formula is C9H11NO. The Hall–Kier alpha value is -1.02. The molecule has 0 amide bonds. The standard InChI is InChI=1S/C9H11NO/c11-7-8-1-3-9(4-2-8)10-5-6-10/h1-4,11H,5-7H2. The molecule has 0 unspecified atom stereocenters. The minimum atomic E-state index is 0.139. The monoisotopic (exact) mass is 149 g/mol. The second kappa shape index (κ2) is 2.55. The quantitative estimate of drug-likeness (QED) is 0.634. The van der Waals surface area contributed by atoms with Gasteiger partial charge in [-0.05, 0) is 17.7 Å². The molecule has 1 aromatic carbocycles. The molecule has 2 rings (SSSR count). The van der Waals surface area contributed by atoms with E-state index < -0.39 is 0 Å². The first-order valence-electron chi connectivity index (χ1n) is 3.85. The summed E-state index contributed by atoms with van der Waals surface area (Å²) in [7, 11) is 0. The average Bonchev–Trinajstić information content (AvgIpc) is 2.87. The number of aliphatic hydroxyl groups excluding tert-OH is 1. The average molecular weight is 149 g/mol. The Morgan fingerprint density at radius 1 is 1.18 bits per heavy atom. The summed E-state index contributed by atoms with van der Waals surface area (Å²) in [6, 6.07) is 8.04. The van der Waals surface area contributed by atoms with Crippen LogP contribution in [0.5, 0.6) is 0 Å². The van der Waals surface area contributed by atoms with Crippen LogP contribution in [0.15, 0.2) is 24.3 Å². The lowest BCUT2D eigenvalue weighted by Gasteiger charge is -2.02. The topological polar surface area (TPSA) is 23.2 Å². The SMILES string of the molecule is OCc1ccc(N2CC2)cc1. The highest BCUT2D eigenvalue weighted by Crippen LogP contribution is 2.20. The molecule has 58 valence electrons. The summed E-state index contributed by atoms with van der Waals surface area (Å²) in [4.78, 5) is 2.28. The van der Waals surface area contributed by atoms with Crippen molar-refractivity contribution in [2.45, 2.75) is 6.61 Å². The molecule has 0 radical (unpaired) electrons. The van der Waals surface area contributed by atoms with Gasteiger partial charge in [0.15, 0.2) is 0 Å². The number of rotatable bonds is 2. The predicted molar refractivity (Wildman–Crippen MR) is 44.6 cm³/mol. The van der Waals surface area contributed by atoms with Gasteiger partial charge in [-0.2, -0.15) is 0 Å². The Kier molecular flexibility index (Phi) is 1.55. The van der Waals surface area contributed by atoms with Gasteiger partial charge in [0.1, 0.15) is 0 Å². The van der Waals surface area contributed by atoms with Gasteiger partial charge in [-0.1, -0.05) is 12.1 Å². The molecule has 0 bridgehead atoms. The number of hydrogen-bond donors (Lipinski definition) is 1. The summed E-state index contributed by atoms with van der Waals surface area (Å²) in [6.45, 7) is 2.50. The van der Waals surface area contributed by atoms with E-state index in [-0.39, 0.29) is 6.61 Å². The van der Waals surface area contributed by atoms with E-state index in [1.54, 1.807) is 0 Å². The first-order chi connectivity index (χ1) is 5.40. The molecule has 1 heterocycles. The van der Waals surface area contributed by atoms with Crippen LogP contribution in [0.2, 0.25) is 0 Å². The first-order valence-corrected chi connectivity index (χ1v) is 3.85. The fourth-order valence-corrected chi connectivity index (χ4v) is 1.12. The van der Waals surface area contributed by atoms with Crippen molar-refractivity contribution in [3.63, 3.8) is 0 Å². The van der Waals surface area contributed by atoms with Crippen LogP contribution in [-0.2, 0) is 6.61 Å². The smallest absolute Gasteiger partial charge is 0.0681 e. The summed E-state index contributed by atoms with van der Waals surface area (Å²) in [5.74, 6) is 0. The molecule has 1 N–H and O–H groups in total. The van der Waals surface area contributed by atoms with E-state index in [0.717, 1.165) is 5.56 Å². The maximum Gasteiger partial charge on any atom is 0.0681 e. The first kappa shape index (κ1) is 6.68. The van der Waals surface area contributed by atoms with Crippen LogP contribution < -0.4 is 4.90 Å². The van der Waals surface area contributed by atoms with Crippen LogP contribution in [0, 0.1) is 0 Å². The maximum absolute atomic E-state index is 8.77. The van der Waals surface area contributed by atoms with Gasteiger partial charge < -0.3 is 10.0 Å². The molecule has 1 aliphatic rings. The molecule has 11 heavy (non-hydrogen) atoms. The molecule has 0 aliphatic carbocycles. The fourth-order valence-electron chi connectivity index (χ4n) is 1.12. The summed E-state index contributed by atoms with van der Waals surface area (Å²) in [5.41, 5.74) is 2.25. The van der Waals surface area contributed by atoms with Gasteiger partial charge in [-0.15, -0.1) is 0 Å². The Morgan fingerprint density at radius 2 is 1.82 bits per heavy atom. The Labute approximate surface area is 66.1 Å². The van der Waals surface area contributed by atoms with Crippen LogP contribution in [0.25, 0.3) is 0 Å². The van der Waals surface area contributed by atoms with E-state index in [2.05, 4.69) is 17.0 Å². The van der Waals surface area contributed by atoms with Gasteiger partial charge >= 0.3 is 0 Å². The summed E-state index contributed by atoms with van der Waals surface area (Å²) >= 11 is 0. The second-order valence-corrected chi connectivity index (χ2v) is 2.81. The minimum absolute atomic E-state index is 0.139. The van der Waals surface area contributed by atoms with E-state index >= 15 is 0 Å². The van der Waals surface area contributed by atoms with Gasteiger partial charge in [0, 0.05) is 18.8 Å². The van der Waals surface area contributed by atoms with E-state index in [4.69, 9.17) is 5.11 Å². The summed E-state index contributed by atoms with van der Waals surface area (Å²) < 4.78 is 0. The summed E-state index contributed by atoms with van der Waals surface area (Å²) in [6.07, 6.45) is 0. The molecule has 0 aromatic heterocycles. The van der Waals surface area contributed by atoms with E-state index in [0.29, 0.717) is 0 Å². The zero-order valence-corrected chi connectivity index (χ0v) is 6.33. The maximum atomic E-state index is 8.77. The number of aliphatic hydroxyl groups is 1. The lowest BCUT2D eigenvalue weighted by Crippen LogP contribution is -1.90. The lowest BCUT2D eigenvalue weighted by molar-refractivity contribution is 0.282. The van der Waals surface area contributed by atoms with Crippen LogP contribution in [0.1, 0.15) is 5.56 Å². The second-order valence-electron chi connectivity index (χ2n) is 2.81. The molecule has 0 atom stereocenters. The van der Waals surface area contributed by atoms with Crippen LogP contribution in [-0.4, -0.2) is 18.2 Å². The van der Waals surface area contributed by atoms with Crippen molar-refractivity contribution >= 4 is 5.69 Å². The number of anilines is 1. The Balaban J connectivity index is 2.19. The van der Waals surface area contributed by atoms with Gasteiger partial charge in [0.25, 0.3) is 0 Å². The van der Waals surface area contributed by atoms with Crippen molar-refractivity contribution in [1.29, 1.82) is 0 Å². The highest BCUT2D eigenvalue weighted by atomic mass is 16.3. The highest BCUT2D eigenvalue weighted by molar-refractivity contribution is 5.52. The molecule has 1 fully saturated rings. The van der Waals surface area contributed by atoms with Gasteiger partial charge in [0.2, 0.25) is 0 Å². The molecule has 2 heteroatoms. The molecule has 1 aliphatic heterocycles. The van der Waals surface area contributed by atoms with Gasteiger partial charge in [-0.25, -0.2) is 0 Å². The zero-order valence-electron chi connectivity index (χ0n) is 6.33. The molecule has 1 aromatic rings. The lowest BCUT2D eigenvalue weighted by atomic mass is 10.2. The fraction of sp³-hybridized carbons (Fsp3) is 0.333. The third-order valence-corrected chi connectivity index (χ3v) is 1.93. The third-order valence-electron chi connectivity index (χ3n) is 1.93. The molecular weight excluding hydrogens is 138 g/mol. The number of benzene rings is 1. The normalized spacial score (nSPS) is 15.2. The van der Waals surface area contributed by atoms with Crippen molar-refractivity contribution in [2.24, 2.45) is 0 Å². The van der Waals surface area contributed by atoms with Crippen molar-refractivity contribution in [1.82, 2.24) is 0 Å². The number of hydrogen-bond acceptors (Lipinski definition) is 2. The minimum Gasteiger partial charge on any atom is -0.392 e. The molecule has 2 nitrogen and oxygen atoms in total. The molecule has 0 saturated carbocycles. The van der Waals surface area contributed by atoms with Crippen molar-refractivity contribution < 1.29 is 5.11 Å². The Bertz CT molecular complexity index is 238. The summed E-state index contributed by atoms with van der Waals surface area (Å²) in [5, 5.41) is 8.77. The van der Waals surface area contributed by atoms with E-state index in [1.165, 1.54) is 18.8 Å². The van der Waals surface area contributed by atoms with Crippen molar-refractivity contribution in [3.05, 3.63) is 29.8 Å². The van der Waals surface area contributed by atoms with Crippen LogP contribution in [0.3, 0.4) is 0 Å². The highest BCUT2D eigenvalue weighted by Gasteiger charge is 2.16. The van der Waals surface area contributed by atoms with Crippen LogP contribution >= 0.6 is 0 Å². The largest absolute Gasteiger partial charge is 0.392 e. The van der Waals surface area contributed by atoms with E-state index in [1.807, 2.05) is 12.1 Å². The van der Waals surface area contributed by atoms with Crippen molar-refractivity contribution in [2.75, 3.05) is 18.0 Å². The van der Waals surface area contributed by atoms with Gasteiger partial charge in [-0.3, -0.25) is 0 Å². The van der Waals surface area contributed by atoms with E-state index in [9.17, 15) is 0 Å². The molecule has 0 spiro atoms. The van der Waals surface area contributed by atoms with Crippen LogP contribution in [0.4, 0.5) is 5.69 Å². The third kappa shape index (κ3) is 1.35. The number of nitrogens with zero attached hydrogens (tertiary/aromatic N) is 1. The van der Waals surface area contributed by atoms with Gasteiger partial charge in [0.05, 0.1) is 6.61 Å². The Morgan fingerprint density at radius 3 is 2.27 bits per heavy atom. The molecule has 1 saturated heterocycles. The zero-order chi connectivity index (χ0) is 7.68. The predicted octanol–water partition coefficient (Wildman–Crippen LogP) is 0.999.